The highest BCUT2D eigenvalue weighted by Crippen LogP contribution is 2.43. The molecule has 0 amide bonds. The minimum atomic E-state index is 1.27. The number of hydrogen-bond donors (Lipinski definition) is 0. The van der Waals surface area contributed by atoms with Crippen LogP contribution in [0.3, 0.4) is 0 Å². The van der Waals surface area contributed by atoms with Gasteiger partial charge in [0.05, 0.1) is 5.69 Å². The van der Waals surface area contributed by atoms with E-state index in [4.69, 9.17) is 0 Å². The van der Waals surface area contributed by atoms with E-state index >= 15 is 0 Å². The fourth-order valence-corrected chi connectivity index (χ4v) is 4.60. The molecule has 2 aromatic carbocycles. The van der Waals surface area contributed by atoms with Gasteiger partial charge in [-0.1, -0.05) is 48.2 Å². The van der Waals surface area contributed by atoms with Gasteiger partial charge in [-0.15, -0.1) is 0 Å². The van der Waals surface area contributed by atoms with E-state index < -0.39 is 0 Å². The Hall–Kier alpha value is -1.97. The van der Waals surface area contributed by atoms with Gasteiger partial charge in [0.2, 0.25) is 0 Å². The molecule has 0 spiro atoms. The van der Waals surface area contributed by atoms with E-state index in [1.807, 2.05) is 11.8 Å². The Morgan fingerprint density at radius 2 is 1.68 bits per heavy atom. The zero-order chi connectivity index (χ0) is 14.9. The lowest BCUT2D eigenvalue weighted by molar-refractivity contribution is 0.969. The number of thiophene rings is 1. The molecule has 108 valence electrons. The van der Waals surface area contributed by atoms with Gasteiger partial charge >= 0.3 is 0 Å². The van der Waals surface area contributed by atoms with Crippen LogP contribution in [-0.2, 0) is 7.05 Å². The number of rotatable bonds is 3. The molecule has 3 heteroatoms. The van der Waals surface area contributed by atoms with Gasteiger partial charge in [0, 0.05) is 38.7 Å². The van der Waals surface area contributed by atoms with Crippen molar-refractivity contribution in [2.75, 3.05) is 0 Å². The Balaban J connectivity index is 1.97. The first-order valence-corrected chi connectivity index (χ1v) is 8.93. The number of para-hydroxylation sites is 1. The van der Waals surface area contributed by atoms with Gasteiger partial charge in [-0.05, 0) is 29.6 Å². The topological polar surface area (TPSA) is 4.93 Å². The second kappa shape index (κ2) is 5.67. The zero-order valence-electron chi connectivity index (χ0n) is 12.2. The molecule has 0 aliphatic carbocycles. The van der Waals surface area contributed by atoms with Crippen LogP contribution < -0.4 is 0 Å². The Kier molecular flexibility index (Phi) is 3.53. The summed E-state index contributed by atoms with van der Waals surface area (Å²) in [6.07, 6.45) is 0. The first kappa shape index (κ1) is 13.7. The Labute approximate surface area is 138 Å². The highest BCUT2D eigenvalue weighted by atomic mass is 32.2. The summed E-state index contributed by atoms with van der Waals surface area (Å²) in [6.45, 7) is 0. The molecule has 0 unspecified atom stereocenters. The van der Waals surface area contributed by atoms with E-state index in [1.165, 1.54) is 32.0 Å². The standard InChI is InChI=1S/C19H15NS2/c1-20-17-10-6-5-9-16(17)19(18(20)14-11-12-21-13-14)22-15-7-3-2-4-8-15/h2-13H,1H3. The van der Waals surface area contributed by atoms with Crippen molar-refractivity contribution in [3.63, 3.8) is 0 Å². The molecular formula is C19H15NS2. The maximum atomic E-state index is 2.31. The van der Waals surface area contributed by atoms with Crippen molar-refractivity contribution in [1.29, 1.82) is 0 Å². The zero-order valence-corrected chi connectivity index (χ0v) is 13.8. The number of benzene rings is 2. The van der Waals surface area contributed by atoms with Crippen LogP contribution >= 0.6 is 23.1 Å². The van der Waals surface area contributed by atoms with E-state index in [0.29, 0.717) is 0 Å². The van der Waals surface area contributed by atoms with E-state index in [-0.39, 0.29) is 0 Å². The first-order valence-electron chi connectivity index (χ1n) is 7.17. The quantitative estimate of drug-likeness (QED) is 0.444. The van der Waals surface area contributed by atoms with Crippen LogP contribution in [-0.4, -0.2) is 4.57 Å². The number of aromatic nitrogens is 1. The van der Waals surface area contributed by atoms with E-state index in [2.05, 4.69) is 83.0 Å². The van der Waals surface area contributed by atoms with Gasteiger partial charge < -0.3 is 4.57 Å². The average molecular weight is 321 g/mol. The lowest BCUT2D eigenvalue weighted by Gasteiger charge is -2.06. The smallest absolute Gasteiger partial charge is 0.0639 e. The predicted octanol–water partition coefficient (Wildman–Crippen LogP) is 6.06. The van der Waals surface area contributed by atoms with Crippen LogP contribution in [0.5, 0.6) is 0 Å². The van der Waals surface area contributed by atoms with E-state index in [1.54, 1.807) is 11.3 Å². The summed E-state index contributed by atoms with van der Waals surface area (Å²) in [4.78, 5) is 2.61. The molecule has 0 N–H and O–H groups in total. The predicted molar refractivity (Wildman–Crippen MR) is 96.8 cm³/mol. The molecule has 0 aliphatic rings. The van der Waals surface area contributed by atoms with Gasteiger partial charge in [0.15, 0.2) is 0 Å². The summed E-state index contributed by atoms with van der Waals surface area (Å²) < 4.78 is 2.31. The van der Waals surface area contributed by atoms with Crippen molar-refractivity contribution in [2.24, 2.45) is 7.05 Å². The third-order valence-corrected chi connectivity index (χ3v) is 5.63. The molecule has 22 heavy (non-hydrogen) atoms. The second-order valence-corrected chi connectivity index (χ2v) is 7.04. The van der Waals surface area contributed by atoms with Crippen molar-refractivity contribution in [2.45, 2.75) is 9.79 Å². The largest absolute Gasteiger partial charge is 0.343 e. The van der Waals surface area contributed by atoms with Crippen molar-refractivity contribution < 1.29 is 0 Å². The SMILES string of the molecule is Cn1c(-c2ccsc2)c(Sc2ccccc2)c2ccccc21. The first-order chi connectivity index (χ1) is 10.8. The normalized spacial score (nSPS) is 11.1. The molecule has 0 saturated carbocycles. The lowest BCUT2D eigenvalue weighted by Crippen LogP contribution is -1.90. The molecule has 4 aromatic rings. The van der Waals surface area contributed by atoms with Gasteiger partial charge in [-0.25, -0.2) is 0 Å². The third-order valence-electron chi connectivity index (χ3n) is 3.82. The van der Waals surface area contributed by atoms with Gasteiger partial charge in [-0.2, -0.15) is 11.3 Å². The van der Waals surface area contributed by atoms with E-state index in [9.17, 15) is 0 Å². The number of fused-ring (bicyclic) bond motifs is 1. The van der Waals surface area contributed by atoms with Crippen LogP contribution in [0.2, 0.25) is 0 Å². The van der Waals surface area contributed by atoms with Crippen LogP contribution in [0, 0.1) is 0 Å². The van der Waals surface area contributed by atoms with Crippen molar-refractivity contribution in [3.05, 3.63) is 71.4 Å². The minimum Gasteiger partial charge on any atom is -0.343 e. The molecule has 0 saturated heterocycles. The van der Waals surface area contributed by atoms with Crippen LogP contribution in [0.4, 0.5) is 0 Å². The molecular weight excluding hydrogens is 306 g/mol. The molecule has 0 aliphatic heterocycles. The van der Waals surface area contributed by atoms with Gasteiger partial charge in [-0.3, -0.25) is 0 Å². The molecule has 4 rings (SSSR count). The summed E-state index contributed by atoms with van der Waals surface area (Å²) in [5.41, 5.74) is 3.88. The van der Waals surface area contributed by atoms with E-state index in [0.717, 1.165) is 0 Å². The molecule has 2 heterocycles. The summed E-state index contributed by atoms with van der Waals surface area (Å²) in [7, 11) is 2.16. The van der Waals surface area contributed by atoms with Crippen LogP contribution in [0.1, 0.15) is 0 Å². The monoisotopic (exact) mass is 321 g/mol. The van der Waals surface area contributed by atoms with Crippen LogP contribution in [0.15, 0.2) is 81.2 Å². The minimum absolute atomic E-state index is 1.27. The molecule has 0 fully saturated rings. The highest BCUT2D eigenvalue weighted by Gasteiger charge is 2.17. The number of hydrogen-bond acceptors (Lipinski definition) is 2. The molecule has 2 aromatic heterocycles. The summed E-state index contributed by atoms with van der Waals surface area (Å²) in [5, 5.41) is 5.69. The maximum Gasteiger partial charge on any atom is 0.0639 e. The Morgan fingerprint density at radius 3 is 2.45 bits per heavy atom. The fourth-order valence-electron chi connectivity index (χ4n) is 2.79. The molecule has 0 bridgehead atoms. The van der Waals surface area contributed by atoms with Crippen molar-refractivity contribution in [3.8, 4) is 11.3 Å². The molecule has 0 radical (unpaired) electrons. The number of nitrogens with zero attached hydrogens (tertiary/aromatic N) is 1. The second-order valence-electron chi connectivity index (χ2n) is 5.18. The average Bonchev–Trinajstić information content (AvgIpc) is 3.17. The third kappa shape index (κ3) is 2.27. The highest BCUT2D eigenvalue weighted by molar-refractivity contribution is 7.99. The molecule has 0 atom stereocenters. The molecule has 1 nitrogen and oxygen atoms in total. The summed E-state index contributed by atoms with van der Waals surface area (Å²) in [6, 6.07) is 21.4. The maximum absolute atomic E-state index is 2.31. The van der Waals surface area contributed by atoms with Gasteiger partial charge in [0.1, 0.15) is 0 Å². The fraction of sp³-hybridized carbons (Fsp3) is 0.0526. The van der Waals surface area contributed by atoms with Gasteiger partial charge in [0.25, 0.3) is 0 Å². The van der Waals surface area contributed by atoms with Crippen molar-refractivity contribution >= 4 is 34.0 Å². The van der Waals surface area contributed by atoms with Crippen LogP contribution in [0.25, 0.3) is 22.2 Å². The summed E-state index contributed by atoms with van der Waals surface area (Å²) in [5.74, 6) is 0. The Morgan fingerprint density at radius 1 is 0.909 bits per heavy atom. The Bertz CT molecular complexity index is 905. The lowest BCUT2D eigenvalue weighted by atomic mass is 10.2. The van der Waals surface area contributed by atoms with Crippen molar-refractivity contribution in [1.82, 2.24) is 4.57 Å². The summed E-state index contributed by atoms with van der Waals surface area (Å²) >= 11 is 3.59. The number of aryl methyl sites for hydroxylation is 1.